The molecule has 5 rings (SSSR count). The fourth-order valence-electron chi connectivity index (χ4n) is 6.04. The molecule has 1 saturated heterocycles. The molecule has 2 aliphatic heterocycles. The molecule has 9 nitrogen and oxygen atoms in total. The van der Waals surface area contributed by atoms with E-state index in [1.807, 2.05) is 6.92 Å². The summed E-state index contributed by atoms with van der Waals surface area (Å²) in [5.41, 5.74) is 0.332. The summed E-state index contributed by atoms with van der Waals surface area (Å²) < 4.78 is 35.1. The highest BCUT2D eigenvalue weighted by atomic mass is 32.2. The van der Waals surface area contributed by atoms with Gasteiger partial charge in [-0.3, -0.25) is 14.5 Å². The number of benzene rings is 3. The summed E-state index contributed by atoms with van der Waals surface area (Å²) in [4.78, 5) is 31.8. The molecule has 0 N–H and O–H groups in total. The molecule has 0 aliphatic carbocycles. The number of carbonyl (C=O) groups excluding carboxylic acids is 2. The molecule has 3 aromatic carbocycles. The maximum absolute atomic E-state index is 15.1. The third-order valence-corrected chi connectivity index (χ3v) is 9.72. The molecule has 1 fully saturated rings. The summed E-state index contributed by atoms with van der Waals surface area (Å²) in [5, 5.41) is 9.84. The summed E-state index contributed by atoms with van der Waals surface area (Å²) in [7, 11) is 0.404. The third-order valence-electron chi connectivity index (χ3n) is 8.00. The average molecular weight is 573 g/mol. The van der Waals surface area contributed by atoms with Crippen molar-refractivity contribution in [2.75, 3.05) is 32.1 Å². The molecule has 41 heavy (non-hydrogen) atoms. The van der Waals surface area contributed by atoms with E-state index < -0.39 is 27.5 Å². The number of rotatable bonds is 7. The molecular formula is C31H32N4O5S. The van der Waals surface area contributed by atoms with Gasteiger partial charge >= 0.3 is 0 Å². The van der Waals surface area contributed by atoms with Crippen molar-refractivity contribution in [3.63, 3.8) is 0 Å². The number of aryl methyl sites for hydroxylation is 1. The molecule has 2 atom stereocenters. The van der Waals surface area contributed by atoms with Crippen molar-refractivity contribution in [1.82, 2.24) is 9.80 Å². The summed E-state index contributed by atoms with van der Waals surface area (Å²) in [6.07, 6.45) is 1.84. The zero-order valence-corrected chi connectivity index (χ0v) is 24.3. The zero-order valence-electron chi connectivity index (χ0n) is 23.5. The minimum atomic E-state index is -4.39. The molecule has 0 aromatic heterocycles. The summed E-state index contributed by atoms with van der Waals surface area (Å²) >= 11 is 0. The van der Waals surface area contributed by atoms with Crippen LogP contribution in [-0.2, 0) is 31.6 Å². The van der Waals surface area contributed by atoms with Crippen molar-refractivity contribution in [2.45, 2.75) is 42.7 Å². The average Bonchev–Trinajstić information content (AvgIpc) is 3.57. The van der Waals surface area contributed by atoms with E-state index in [-0.39, 0.29) is 22.1 Å². The zero-order chi connectivity index (χ0) is 29.5. The molecule has 2 amide bonds. The molecular weight excluding hydrogens is 540 g/mol. The SMILES string of the molecule is CCc1ccc(S(=O)(=O)N2C(=O)[C@](c3ccccc3OC)(N3CCCC3C(=O)N(C)C)c3cc(C#N)ccc32)cc1. The standard InChI is InChI=1S/C31H32N4O5S/c1-5-21-12-15-23(16-13-21)41(38,39)35-26-17-14-22(20-32)19-25(26)31(30(35)37,24-9-6-7-11-28(24)40-4)34-18-8-10-27(34)29(36)33(2)3/h6-7,9,11-17,19,27H,5,8,10,18H2,1-4H3/t27?,31-/m1/s1. The molecule has 1 unspecified atom stereocenters. The van der Waals surface area contributed by atoms with E-state index in [0.29, 0.717) is 36.3 Å². The number of para-hydroxylation sites is 1. The maximum atomic E-state index is 15.1. The number of hydrogen-bond acceptors (Lipinski definition) is 7. The number of methoxy groups -OCH3 is 1. The quantitative estimate of drug-likeness (QED) is 0.425. The van der Waals surface area contributed by atoms with Crippen molar-refractivity contribution in [2.24, 2.45) is 0 Å². The number of nitriles is 1. The fraction of sp³-hybridized carbons (Fsp3) is 0.323. The Balaban J connectivity index is 1.85. The minimum absolute atomic E-state index is 0.0310. The van der Waals surface area contributed by atoms with Gasteiger partial charge in [0.25, 0.3) is 15.9 Å². The van der Waals surface area contributed by atoms with Crippen molar-refractivity contribution in [3.8, 4) is 11.8 Å². The summed E-state index contributed by atoms with van der Waals surface area (Å²) in [6, 6.07) is 19.4. The van der Waals surface area contributed by atoms with Gasteiger partial charge in [-0.15, -0.1) is 0 Å². The second-order valence-corrected chi connectivity index (χ2v) is 12.2. The van der Waals surface area contributed by atoms with Gasteiger partial charge in [-0.05, 0) is 61.2 Å². The molecule has 2 aliphatic rings. The smallest absolute Gasteiger partial charge is 0.271 e. The first-order valence-electron chi connectivity index (χ1n) is 13.5. The Hall–Kier alpha value is -4.20. The van der Waals surface area contributed by atoms with Crippen LogP contribution in [0.15, 0.2) is 71.6 Å². The molecule has 0 spiro atoms. The first kappa shape index (κ1) is 28.3. The van der Waals surface area contributed by atoms with Crippen LogP contribution in [0.5, 0.6) is 5.75 Å². The lowest BCUT2D eigenvalue weighted by Crippen LogP contribution is -2.59. The van der Waals surface area contributed by atoms with E-state index in [1.165, 1.54) is 36.3 Å². The molecule has 0 saturated carbocycles. The van der Waals surface area contributed by atoms with Crippen LogP contribution in [0, 0.1) is 11.3 Å². The predicted octanol–water partition coefficient (Wildman–Crippen LogP) is 3.66. The highest BCUT2D eigenvalue weighted by Gasteiger charge is 2.63. The Morgan fingerprint density at radius 1 is 1.10 bits per heavy atom. The highest BCUT2D eigenvalue weighted by Crippen LogP contribution is 2.54. The molecule has 0 bridgehead atoms. The number of likely N-dealkylation sites (tertiary alicyclic amines) is 1. The topological polar surface area (TPSA) is 111 Å². The van der Waals surface area contributed by atoms with Gasteiger partial charge in [-0.1, -0.05) is 37.3 Å². The van der Waals surface area contributed by atoms with Gasteiger partial charge in [-0.25, -0.2) is 12.7 Å². The lowest BCUT2D eigenvalue weighted by atomic mass is 9.80. The van der Waals surface area contributed by atoms with Crippen molar-refractivity contribution in [3.05, 3.63) is 89.0 Å². The van der Waals surface area contributed by atoms with Gasteiger partial charge in [0.2, 0.25) is 5.91 Å². The maximum Gasteiger partial charge on any atom is 0.271 e. The number of nitrogens with zero attached hydrogens (tertiary/aromatic N) is 4. The number of sulfonamides is 1. The van der Waals surface area contributed by atoms with E-state index in [2.05, 4.69) is 6.07 Å². The summed E-state index contributed by atoms with van der Waals surface area (Å²) in [6.45, 7) is 2.32. The largest absolute Gasteiger partial charge is 0.496 e. The van der Waals surface area contributed by atoms with E-state index in [4.69, 9.17) is 4.74 Å². The Morgan fingerprint density at radius 3 is 2.44 bits per heavy atom. The van der Waals surface area contributed by atoms with Crippen LogP contribution in [0.3, 0.4) is 0 Å². The van der Waals surface area contributed by atoms with Gasteiger partial charge in [0, 0.05) is 31.8 Å². The number of amides is 2. The lowest BCUT2D eigenvalue weighted by molar-refractivity contribution is -0.138. The second-order valence-electron chi connectivity index (χ2n) is 10.4. The number of hydrogen-bond donors (Lipinski definition) is 0. The van der Waals surface area contributed by atoms with E-state index in [0.717, 1.165) is 16.3 Å². The molecule has 10 heteroatoms. The fourth-order valence-corrected chi connectivity index (χ4v) is 7.50. The number of carbonyl (C=O) groups is 2. The van der Waals surface area contributed by atoms with Crippen LogP contribution in [0.2, 0.25) is 0 Å². The van der Waals surface area contributed by atoms with Crippen molar-refractivity contribution in [1.29, 1.82) is 5.26 Å². The Labute approximate surface area is 240 Å². The van der Waals surface area contributed by atoms with Gasteiger partial charge in [-0.2, -0.15) is 5.26 Å². The Morgan fingerprint density at radius 2 is 1.80 bits per heavy atom. The second kappa shape index (κ2) is 10.7. The van der Waals surface area contributed by atoms with Crippen LogP contribution in [0.1, 0.15) is 42.0 Å². The number of fused-ring (bicyclic) bond motifs is 1. The molecule has 2 heterocycles. The van der Waals surface area contributed by atoms with E-state index >= 15 is 4.79 Å². The van der Waals surface area contributed by atoms with Crippen LogP contribution in [0.4, 0.5) is 5.69 Å². The van der Waals surface area contributed by atoms with E-state index in [1.54, 1.807) is 61.5 Å². The lowest BCUT2D eigenvalue weighted by Gasteiger charge is -2.42. The van der Waals surface area contributed by atoms with E-state index in [9.17, 15) is 18.5 Å². The normalized spacial score (nSPS) is 20.5. The highest BCUT2D eigenvalue weighted by molar-refractivity contribution is 7.93. The van der Waals surface area contributed by atoms with Crippen LogP contribution < -0.4 is 9.04 Å². The number of ether oxygens (including phenoxy) is 1. The van der Waals surface area contributed by atoms with Gasteiger partial charge in [0.05, 0.1) is 35.4 Å². The van der Waals surface area contributed by atoms with Gasteiger partial charge in [0.1, 0.15) is 5.75 Å². The van der Waals surface area contributed by atoms with Crippen LogP contribution in [0.25, 0.3) is 0 Å². The summed E-state index contributed by atoms with van der Waals surface area (Å²) in [5.74, 6) is -0.576. The van der Waals surface area contributed by atoms with Gasteiger partial charge < -0.3 is 9.64 Å². The van der Waals surface area contributed by atoms with Crippen LogP contribution >= 0.6 is 0 Å². The van der Waals surface area contributed by atoms with Crippen LogP contribution in [-0.4, -0.2) is 63.8 Å². The molecule has 3 aromatic rings. The molecule has 212 valence electrons. The van der Waals surface area contributed by atoms with Crippen molar-refractivity contribution < 1.29 is 22.7 Å². The Kier molecular flexibility index (Phi) is 7.36. The molecule has 0 radical (unpaired) electrons. The van der Waals surface area contributed by atoms with Gasteiger partial charge in [0.15, 0.2) is 5.54 Å². The Bertz CT molecular complexity index is 1660. The minimum Gasteiger partial charge on any atom is -0.496 e. The number of anilines is 1. The van der Waals surface area contributed by atoms with Crippen molar-refractivity contribution >= 4 is 27.5 Å². The first-order valence-corrected chi connectivity index (χ1v) is 14.9. The predicted molar refractivity (Wildman–Crippen MR) is 154 cm³/mol. The first-order chi connectivity index (χ1) is 19.6. The number of likely N-dealkylation sites (N-methyl/N-ethyl adjacent to an activating group) is 1. The third kappa shape index (κ3) is 4.28. The monoisotopic (exact) mass is 572 g/mol.